The number of alkyl halides is 1. The molecule has 3 unspecified atom stereocenters. The summed E-state index contributed by atoms with van der Waals surface area (Å²) in [5.41, 5.74) is 0. The van der Waals surface area contributed by atoms with Crippen LogP contribution in [-0.4, -0.2) is 29.9 Å². The lowest BCUT2D eigenvalue weighted by Crippen LogP contribution is -2.38. The number of nitriles is 1. The van der Waals surface area contributed by atoms with Gasteiger partial charge in [-0.1, -0.05) is 19.8 Å². The molecule has 3 atom stereocenters. The van der Waals surface area contributed by atoms with E-state index in [0.29, 0.717) is 12.6 Å². The molecular formula is C11H19ClN2. The van der Waals surface area contributed by atoms with Gasteiger partial charge in [0.25, 0.3) is 0 Å². The van der Waals surface area contributed by atoms with Crippen LogP contribution in [0, 0.1) is 17.2 Å². The maximum Gasteiger partial charge on any atom is 0.133 e. The standard InChI is InChI=1S/C11H19ClN2/c1-9-4-3-5-11(6-9)14(2)8-10(12)7-13/h9-11H,3-6,8H2,1-2H3. The number of hydrogen-bond acceptors (Lipinski definition) is 2. The minimum absolute atomic E-state index is 0.364. The third-order valence-electron chi connectivity index (χ3n) is 3.12. The van der Waals surface area contributed by atoms with Gasteiger partial charge in [-0.05, 0) is 25.8 Å². The van der Waals surface area contributed by atoms with Gasteiger partial charge in [0, 0.05) is 12.6 Å². The molecule has 1 aliphatic rings. The highest BCUT2D eigenvalue weighted by molar-refractivity contribution is 6.22. The molecule has 2 nitrogen and oxygen atoms in total. The molecular weight excluding hydrogens is 196 g/mol. The van der Waals surface area contributed by atoms with Crippen LogP contribution in [-0.2, 0) is 0 Å². The van der Waals surface area contributed by atoms with Gasteiger partial charge >= 0.3 is 0 Å². The van der Waals surface area contributed by atoms with Crippen LogP contribution in [0.3, 0.4) is 0 Å². The SMILES string of the molecule is CC1CCCC(N(C)CC(Cl)C#N)C1. The first-order valence-corrected chi connectivity index (χ1v) is 5.81. The van der Waals surface area contributed by atoms with Gasteiger partial charge in [0.05, 0.1) is 6.07 Å². The smallest absolute Gasteiger partial charge is 0.133 e. The molecule has 0 saturated heterocycles. The maximum atomic E-state index is 8.63. The Morgan fingerprint density at radius 1 is 1.57 bits per heavy atom. The third-order valence-corrected chi connectivity index (χ3v) is 3.36. The van der Waals surface area contributed by atoms with E-state index in [-0.39, 0.29) is 5.38 Å². The summed E-state index contributed by atoms with van der Waals surface area (Å²) in [5, 5.41) is 8.26. The summed E-state index contributed by atoms with van der Waals surface area (Å²) in [4.78, 5) is 2.25. The number of rotatable bonds is 3. The van der Waals surface area contributed by atoms with Crippen molar-refractivity contribution in [2.24, 2.45) is 5.92 Å². The highest BCUT2D eigenvalue weighted by Crippen LogP contribution is 2.26. The van der Waals surface area contributed by atoms with E-state index >= 15 is 0 Å². The predicted molar refractivity (Wildman–Crippen MR) is 59.3 cm³/mol. The van der Waals surface area contributed by atoms with Crippen molar-refractivity contribution in [1.29, 1.82) is 5.26 Å². The summed E-state index contributed by atoms with van der Waals surface area (Å²) >= 11 is 5.81. The highest BCUT2D eigenvalue weighted by atomic mass is 35.5. The fourth-order valence-electron chi connectivity index (χ4n) is 2.25. The van der Waals surface area contributed by atoms with Crippen molar-refractivity contribution in [3.05, 3.63) is 0 Å². The second-order valence-corrected chi connectivity index (χ2v) is 4.99. The second kappa shape index (κ2) is 5.58. The van der Waals surface area contributed by atoms with Crippen LogP contribution in [0.5, 0.6) is 0 Å². The molecule has 0 amide bonds. The van der Waals surface area contributed by atoms with Crippen molar-refractivity contribution < 1.29 is 0 Å². The van der Waals surface area contributed by atoms with Crippen LogP contribution in [0.25, 0.3) is 0 Å². The normalized spacial score (nSPS) is 29.9. The zero-order chi connectivity index (χ0) is 10.6. The Morgan fingerprint density at radius 2 is 2.29 bits per heavy atom. The summed E-state index contributed by atoms with van der Waals surface area (Å²) in [7, 11) is 2.08. The molecule has 1 rings (SSSR count). The summed E-state index contributed by atoms with van der Waals surface area (Å²) < 4.78 is 0. The topological polar surface area (TPSA) is 27.0 Å². The van der Waals surface area contributed by atoms with Crippen molar-refractivity contribution in [2.45, 2.75) is 44.0 Å². The Hall–Kier alpha value is -0.260. The number of nitrogens with zero attached hydrogens (tertiary/aromatic N) is 2. The monoisotopic (exact) mass is 214 g/mol. The molecule has 0 heterocycles. The third kappa shape index (κ3) is 3.48. The molecule has 1 saturated carbocycles. The molecule has 0 bridgehead atoms. The Bertz CT molecular complexity index is 212. The van der Waals surface area contributed by atoms with Crippen molar-refractivity contribution in [3.63, 3.8) is 0 Å². The number of halogens is 1. The first-order chi connectivity index (χ1) is 6.63. The van der Waals surface area contributed by atoms with Crippen LogP contribution in [0.4, 0.5) is 0 Å². The van der Waals surface area contributed by atoms with E-state index in [0.717, 1.165) is 5.92 Å². The molecule has 0 aliphatic heterocycles. The molecule has 80 valence electrons. The fraction of sp³-hybridized carbons (Fsp3) is 0.909. The lowest BCUT2D eigenvalue weighted by Gasteiger charge is -2.34. The summed E-state index contributed by atoms with van der Waals surface area (Å²) in [6, 6.07) is 2.70. The van der Waals surface area contributed by atoms with Gasteiger partial charge in [0.15, 0.2) is 0 Å². The molecule has 14 heavy (non-hydrogen) atoms. The van der Waals surface area contributed by atoms with Crippen LogP contribution >= 0.6 is 11.6 Å². The molecule has 1 aliphatic carbocycles. The van der Waals surface area contributed by atoms with E-state index in [2.05, 4.69) is 24.9 Å². The molecule has 0 aromatic heterocycles. The molecule has 3 heteroatoms. The van der Waals surface area contributed by atoms with Gasteiger partial charge in [-0.25, -0.2) is 0 Å². The first kappa shape index (κ1) is 11.8. The maximum absolute atomic E-state index is 8.63. The summed E-state index contributed by atoms with van der Waals surface area (Å²) in [6.07, 6.45) is 5.18. The van der Waals surface area contributed by atoms with Crippen molar-refractivity contribution >= 4 is 11.6 Å². The fourth-order valence-corrected chi connectivity index (χ4v) is 2.46. The Kier molecular flexibility index (Phi) is 4.71. The largest absolute Gasteiger partial charge is 0.301 e. The van der Waals surface area contributed by atoms with Crippen LogP contribution < -0.4 is 0 Å². The van der Waals surface area contributed by atoms with Crippen LogP contribution in [0.2, 0.25) is 0 Å². The molecule has 0 N–H and O–H groups in total. The minimum Gasteiger partial charge on any atom is -0.301 e. The summed E-state index contributed by atoms with van der Waals surface area (Å²) in [5.74, 6) is 0.826. The van der Waals surface area contributed by atoms with E-state index in [1.165, 1.54) is 25.7 Å². The molecule has 0 spiro atoms. The molecule has 0 aromatic carbocycles. The predicted octanol–water partition coefficient (Wildman–Crippen LogP) is 2.63. The van der Waals surface area contributed by atoms with E-state index in [1.54, 1.807) is 0 Å². The number of hydrogen-bond donors (Lipinski definition) is 0. The van der Waals surface area contributed by atoms with E-state index in [1.807, 2.05) is 0 Å². The lowest BCUT2D eigenvalue weighted by molar-refractivity contribution is 0.168. The van der Waals surface area contributed by atoms with Gasteiger partial charge in [0.2, 0.25) is 0 Å². The lowest BCUT2D eigenvalue weighted by atomic mass is 9.86. The molecule has 1 fully saturated rings. The average Bonchev–Trinajstić information content (AvgIpc) is 2.17. The Labute approximate surface area is 91.8 Å². The minimum atomic E-state index is -0.364. The molecule has 0 radical (unpaired) electrons. The Balaban J connectivity index is 2.36. The van der Waals surface area contributed by atoms with Gasteiger partial charge in [-0.3, -0.25) is 0 Å². The quantitative estimate of drug-likeness (QED) is 0.676. The Morgan fingerprint density at radius 3 is 2.86 bits per heavy atom. The van der Waals surface area contributed by atoms with Crippen LogP contribution in [0.15, 0.2) is 0 Å². The average molecular weight is 215 g/mol. The van der Waals surface area contributed by atoms with E-state index in [4.69, 9.17) is 16.9 Å². The van der Waals surface area contributed by atoms with Gasteiger partial charge in [0.1, 0.15) is 5.38 Å². The van der Waals surface area contributed by atoms with Crippen LogP contribution in [0.1, 0.15) is 32.6 Å². The zero-order valence-electron chi connectivity index (χ0n) is 9.04. The van der Waals surface area contributed by atoms with E-state index < -0.39 is 0 Å². The zero-order valence-corrected chi connectivity index (χ0v) is 9.80. The highest BCUT2D eigenvalue weighted by Gasteiger charge is 2.23. The van der Waals surface area contributed by atoms with Gasteiger partial charge in [-0.15, -0.1) is 11.6 Å². The molecule has 0 aromatic rings. The second-order valence-electron chi connectivity index (χ2n) is 4.46. The van der Waals surface area contributed by atoms with Crippen molar-refractivity contribution in [1.82, 2.24) is 4.90 Å². The van der Waals surface area contributed by atoms with Crippen molar-refractivity contribution in [2.75, 3.05) is 13.6 Å². The van der Waals surface area contributed by atoms with Gasteiger partial charge < -0.3 is 4.90 Å². The van der Waals surface area contributed by atoms with Gasteiger partial charge in [-0.2, -0.15) is 5.26 Å². The van der Waals surface area contributed by atoms with Crippen molar-refractivity contribution in [3.8, 4) is 6.07 Å². The van der Waals surface area contributed by atoms with E-state index in [9.17, 15) is 0 Å². The first-order valence-electron chi connectivity index (χ1n) is 5.37. The summed E-state index contributed by atoms with van der Waals surface area (Å²) in [6.45, 7) is 3.00.